The van der Waals surface area contributed by atoms with Crippen LogP contribution in [0.2, 0.25) is 0 Å². The monoisotopic (exact) mass is 250 g/mol. The number of esters is 1. The largest absolute Gasteiger partial charge is 0.493 e. The van der Waals surface area contributed by atoms with Gasteiger partial charge < -0.3 is 14.2 Å². The maximum absolute atomic E-state index is 12.0. The van der Waals surface area contributed by atoms with E-state index >= 15 is 0 Å². The second kappa shape index (κ2) is 4.52. The first kappa shape index (κ1) is 12.7. The Morgan fingerprint density at radius 3 is 2.28 bits per heavy atom. The Bertz CT molecular complexity index is 469. The summed E-state index contributed by atoms with van der Waals surface area (Å²) in [5, 5.41) is 0. The molecule has 2 rings (SSSR count). The Labute approximate surface area is 107 Å². The first-order valence-corrected chi connectivity index (χ1v) is 5.91. The smallest absolute Gasteiger partial charge is 0.316 e. The van der Waals surface area contributed by atoms with E-state index in [2.05, 4.69) is 0 Å². The van der Waals surface area contributed by atoms with Crippen LogP contribution in [0.3, 0.4) is 0 Å². The van der Waals surface area contributed by atoms with Crippen molar-refractivity contribution >= 4 is 5.97 Å². The minimum Gasteiger partial charge on any atom is -0.493 e. The first-order valence-electron chi connectivity index (χ1n) is 5.91. The number of carbonyl (C=O) groups is 1. The summed E-state index contributed by atoms with van der Waals surface area (Å²) in [7, 11) is 4.60. The van der Waals surface area contributed by atoms with Gasteiger partial charge in [-0.15, -0.1) is 0 Å². The van der Waals surface area contributed by atoms with E-state index in [1.54, 1.807) is 14.2 Å². The third-order valence-electron chi connectivity index (χ3n) is 3.76. The van der Waals surface area contributed by atoms with Crippen molar-refractivity contribution in [1.29, 1.82) is 0 Å². The van der Waals surface area contributed by atoms with Gasteiger partial charge in [0.1, 0.15) is 0 Å². The van der Waals surface area contributed by atoms with Crippen molar-refractivity contribution in [2.75, 3.05) is 21.3 Å². The van der Waals surface area contributed by atoms with Crippen molar-refractivity contribution in [3.63, 3.8) is 0 Å². The van der Waals surface area contributed by atoms with Crippen LogP contribution in [0.5, 0.6) is 11.5 Å². The molecule has 0 heterocycles. The van der Waals surface area contributed by atoms with Crippen LogP contribution in [0.15, 0.2) is 18.2 Å². The molecule has 2 unspecified atom stereocenters. The van der Waals surface area contributed by atoms with Gasteiger partial charge in [-0.05, 0) is 30.0 Å². The average Bonchev–Trinajstić information content (AvgIpc) is 3.09. The fraction of sp³-hybridized carbons (Fsp3) is 0.500. The predicted molar refractivity (Wildman–Crippen MR) is 67.0 cm³/mol. The van der Waals surface area contributed by atoms with E-state index < -0.39 is 5.41 Å². The van der Waals surface area contributed by atoms with Gasteiger partial charge >= 0.3 is 5.97 Å². The number of rotatable bonds is 4. The molecule has 1 aromatic carbocycles. The van der Waals surface area contributed by atoms with E-state index in [0.29, 0.717) is 17.4 Å². The highest BCUT2D eigenvalue weighted by Crippen LogP contribution is 2.55. The van der Waals surface area contributed by atoms with Gasteiger partial charge in [0.2, 0.25) is 0 Å². The van der Waals surface area contributed by atoms with Crippen LogP contribution in [-0.4, -0.2) is 27.3 Å². The quantitative estimate of drug-likeness (QED) is 0.768. The van der Waals surface area contributed by atoms with Crippen LogP contribution < -0.4 is 9.47 Å². The molecular formula is C14H18O4. The number of hydrogen-bond donors (Lipinski definition) is 0. The van der Waals surface area contributed by atoms with E-state index in [-0.39, 0.29) is 5.97 Å². The van der Waals surface area contributed by atoms with Crippen LogP contribution in [0.4, 0.5) is 0 Å². The molecule has 0 saturated heterocycles. The van der Waals surface area contributed by atoms with Gasteiger partial charge in [-0.25, -0.2) is 0 Å². The van der Waals surface area contributed by atoms with Crippen molar-refractivity contribution in [3.05, 3.63) is 23.8 Å². The number of benzene rings is 1. The maximum atomic E-state index is 12.0. The Balaban J connectivity index is 2.42. The molecule has 0 amide bonds. The Kier molecular flexibility index (Phi) is 3.20. The standard InChI is InChI=1S/C14H18O4/c1-9-8-14(9,13(15)18-4)10-5-6-11(16-2)12(7-10)17-3/h5-7,9H,8H2,1-4H3. The molecule has 4 nitrogen and oxygen atoms in total. The molecule has 1 aliphatic carbocycles. The summed E-state index contributed by atoms with van der Waals surface area (Å²) in [5.41, 5.74) is 0.424. The van der Waals surface area contributed by atoms with Gasteiger partial charge in [0.05, 0.1) is 26.7 Å². The molecule has 0 aromatic heterocycles. The normalized spacial score (nSPS) is 25.4. The number of carbonyl (C=O) groups excluding carboxylic acids is 1. The Hall–Kier alpha value is -1.71. The first-order chi connectivity index (χ1) is 8.59. The second-order valence-corrected chi connectivity index (χ2v) is 4.64. The van der Waals surface area contributed by atoms with Gasteiger partial charge in [0, 0.05) is 0 Å². The van der Waals surface area contributed by atoms with Gasteiger partial charge in [-0.2, -0.15) is 0 Å². The molecule has 1 saturated carbocycles. The van der Waals surface area contributed by atoms with Gasteiger partial charge in [-0.1, -0.05) is 13.0 Å². The summed E-state index contributed by atoms with van der Waals surface area (Å²) in [5.74, 6) is 1.41. The zero-order valence-electron chi connectivity index (χ0n) is 11.1. The maximum Gasteiger partial charge on any atom is 0.316 e. The zero-order chi connectivity index (χ0) is 13.3. The van der Waals surface area contributed by atoms with Gasteiger partial charge in [0.25, 0.3) is 0 Å². The third-order valence-corrected chi connectivity index (χ3v) is 3.76. The number of hydrogen-bond acceptors (Lipinski definition) is 4. The van der Waals surface area contributed by atoms with Crippen LogP contribution in [0.1, 0.15) is 18.9 Å². The molecular weight excluding hydrogens is 232 g/mol. The molecule has 18 heavy (non-hydrogen) atoms. The highest BCUT2D eigenvalue weighted by molar-refractivity contribution is 5.87. The topological polar surface area (TPSA) is 44.8 Å². The molecule has 4 heteroatoms. The lowest BCUT2D eigenvalue weighted by atomic mass is 9.93. The van der Waals surface area contributed by atoms with Crippen LogP contribution in [-0.2, 0) is 14.9 Å². The molecule has 0 bridgehead atoms. The fourth-order valence-electron chi connectivity index (χ4n) is 2.52. The lowest BCUT2D eigenvalue weighted by Crippen LogP contribution is -2.24. The molecule has 1 aromatic rings. The summed E-state index contributed by atoms with van der Waals surface area (Å²) in [6.07, 6.45) is 0.815. The summed E-state index contributed by atoms with van der Waals surface area (Å²) in [6, 6.07) is 5.59. The van der Waals surface area contributed by atoms with Crippen molar-refractivity contribution in [3.8, 4) is 11.5 Å². The van der Waals surface area contributed by atoms with E-state index in [0.717, 1.165) is 12.0 Å². The highest BCUT2D eigenvalue weighted by atomic mass is 16.5. The SMILES string of the molecule is COC(=O)C1(c2ccc(OC)c(OC)c2)CC1C. The number of methoxy groups -OCH3 is 3. The zero-order valence-corrected chi connectivity index (χ0v) is 11.1. The predicted octanol–water partition coefficient (Wildman–Crippen LogP) is 2.15. The number of ether oxygens (including phenoxy) is 3. The lowest BCUT2D eigenvalue weighted by molar-refractivity contribution is -0.144. The average molecular weight is 250 g/mol. The summed E-state index contributed by atoms with van der Waals surface area (Å²) in [4.78, 5) is 12.0. The molecule has 0 spiro atoms. The van der Waals surface area contributed by atoms with E-state index in [1.165, 1.54) is 7.11 Å². The molecule has 0 radical (unpaired) electrons. The lowest BCUT2D eigenvalue weighted by Gasteiger charge is -2.16. The summed E-state index contributed by atoms with van der Waals surface area (Å²) in [6.45, 7) is 2.05. The van der Waals surface area contributed by atoms with E-state index in [1.807, 2.05) is 25.1 Å². The molecule has 1 aliphatic rings. The summed E-state index contributed by atoms with van der Waals surface area (Å²) >= 11 is 0. The van der Waals surface area contributed by atoms with Crippen LogP contribution in [0.25, 0.3) is 0 Å². The van der Waals surface area contributed by atoms with E-state index in [4.69, 9.17) is 14.2 Å². The Morgan fingerprint density at radius 2 is 1.83 bits per heavy atom. The summed E-state index contributed by atoms with van der Waals surface area (Å²) < 4.78 is 15.4. The minimum atomic E-state index is -0.506. The molecule has 0 aliphatic heterocycles. The third kappa shape index (κ3) is 1.72. The van der Waals surface area contributed by atoms with Gasteiger partial charge in [0.15, 0.2) is 11.5 Å². The van der Waals surface area contributed by atoms with Crippen molar-refractivity contribution in [1.82, 2.24) is 0 Å². The van der Waals surface area contributed by atoms with Gasteiger partial charge in [-0.3, -0.25) is 4.79 Å². The minimum absolute atomic E-state index is 0.179. The highest BCUT2D eigenvalue weighted by Gasteiger charge is 2.59. The fourth-order valence-corrected chi connectivity index (χ4v) is 2.52. The Morgan fingerprint density at radius 1 is 1.22 bits per heavy atom. The van der Waals surface area contributed by atoms with Crippen molar-refractivity contribution in [2.24, 2.45) is 5.92 Å². The molecule has 1 fully saturated rings. The van der Waals surface area contributed by atoms with Crippen LogP contribution in [0, 0.1) is 5.92 Å². The second-order valence-electron chi connectivity index (χ2n) is 4.64. The molecule has 0 N–H and O–H groups in total. The van der Waals surface area contributed by atoms with Crippen LogP contribution >= 0.6 is 0 Å². The van der Waals surface area contributed by atoms with Crippen molar-refractivity contribution in [2.45, 2.75) is 18.8 Å². The molecule has 98 valence electrons. The van der Waals surface area contributed by atoms with E-state index in [9.17, 15) is 4.79 Å². The molecule has 2 atom stereocenters. The van der Waals surface area contributed by atoms with Crippen molar-refractivity contribution < 1.29 is 19.0 Å².